The fraction of sp³-hybridized carbons (Fsp3) is 0.500. The molecule has 0 aliphatic heterocycles. The summed E-state index contributed by atoms with van der Waals surface area (Å²) in [6.07, 6.45) is 0.319. The zero-order valence-electron chi connectivity index (χ0n) is 13.8. The molecule has 0 radical (unpaired) electrons. The van der Waals surface area contributed by atoms with Gasteiger partial charge in [0.1, 0.15) is 0 Å². The lowest BCUT2D eigenvalue weighted by molar-refractivity contribution is -0.123. The lowest BCUT2D eigenvalue weighted by atomic mass is 9.92. The molecule has 0 unspecified atom stereocenters. The Morgan fingerprint density at radius 1 is 1.14 bits per heavy atom. The smallest absolute Gasteiger partial charge is 0.269 e. The van der Waals surface area contributed by atoms with Gasteiger partial charge in [-0.25, -0.2) is 0 Å². The highest BCUT2D eigenvalue weighted by Gasteiger charge is 2.17. The van der Waals surface area contributed by atoms with Crippen LogP contribution in [0.15, 0.2) is 18.2 Å². The van der Waals surface area contributed by atoms with Gasteiger partial charge in [-0.15, -0.1) is 0 Å². The van der Waals surface area contributed by atoms with E-state index in [0.717, 1.165) is 0 Å². The zero-order chi connectivity index (χ0) is 16.8. The molecule has 6 heteroatoms. The third kappa shape index (κ3) is 5.63. The lowest BCUT2D eigenvalue weighted by Crippen LogP contribution is -2.42. The van der Waals surface area contributed by atoms with E-state index in [4.69, 9.17) is 9.47 Å². The normalized spacial score (nSPS) is 10.8. The Hall–Kier alpha value is -2.24. The van der Waals surface area contributed by atoms with Gasteiger partial charge < -0.3 is 9.47 Å². The number of ether oxygens (including phenoxy) is 2. The second kappa shape index (κ2) is 7.68. The average Bonchev–Trinajstić information content (AvgIpc) is 2.43. The Morgan fingerprint density at radius 3 is 2.36 bits per heavy atom. The predicted molar refractivity (Wildman–Crippen MR) is 83.8 cm³/mol. The van der Waals surface area contributed by atoms with Crippen molar-refractivity contribution in [3.63, 3.8) is 0 Å². The molecule has 0 saturated carbocycles. The number of hydrogen-bond donors (Lipinski definition) is 2. The maximum atomic E-state index is 12.0. The summed E-state index contributed by atoms with van der Waals surface area (Å²) in [5.41, 5.74) is 5.02. The first-order chi connectivity index (χ1) is 10.3. The summed E-state index contributed by atoms with van der Waals surface area (Å²) in [7, 11) is 1.50. The highest BCUT2D eigenvalue weighted by molar-refractivity contribution is 5.96. The second-order valence-electron chi connectivity index (χ2n) is 6.04. The predicted octanol–water partition coefficient (Wildman–Crippen LogP) is 2.29. The molecule has 0 bridgehead atoms. The van der Waals surface area contributed by atoms with Crippen LogP contribution in [0, 0.1) is 5.41 Å². The largest absolute Gasteiger partial charge is 0.493 e. The zero-order valence-corrected chi connectivity index (χ0v) is 13.8. The van der Waals surface area contributed by atoms with Crippen LogP contribution in [-0.4, -0.2) is 25.5 Å². The second-order valence-corrected chi connectivity index (χ2v) is 6.04. The van der Waals surface area contributed by atoms with Crippen molar-refractivity contribution >= 4 is 11.8 Å². The van der Waals surface area contributed by atoms with Gasteiger partial charge in [0.05, 0.1) is 13.7 Å². The monoisotopic (exact) mass is 308 g/mol. The van der Waals surface area contributed by atoms with Crippen molar-refractivity contribution in [3.8, 4) is 11.5 Å². The van der Waals surface area contributed by atoms with E-state index in [-0.39, 0.29) is 11.3 Å². The quantitative estimate of drug-likeness (QED) is 0.818. The Morgan fingerprint density at radius 2 is 1.82 bits per heavy atom. The van der Waals surface area contributed by atoms with E-state index < -0.39 is 5.91 Å². The number of methoxy groups -OCH3 is 1. The first-order valence-electron chi connectivity index (χ1n) is 7.17. The highest BCUT2D eigenvalue weighted by Crippen LogP contribution is 2.27. The molecule has 1 aromatic rings. The van der Waals surface area contributed by atoms with Crippen molar-refractivity contribution in [3.05, 3.63) is 23.8 Å². The molecular formula is C16H24N2O4. The molecular weight excluding hydrogens is 284 g/mol. The van der Waals surface area contributed by atoms with Gasteiger partial charge in [0.25, 0.3) is 5.91 Å². The molecule has 0 aliphatic carbocycles. The fourth-order valence-electron chi connectivity index (χ4n) is 1.81. The first-order valence-corrected chi connectivity index (χ1v) is 7.17. The number of amides is 2. The molecule has 0 spiro atoms. The van der Waals surface area contributed by atoms with Crippen LogP contribution < -0.4 is 20.3 Å². The number of carbonyl (C=O) groups is 2. The molecule has 2 amide bonds. The van der Waals surface area contributed by atoms with Gasteiger partial charge in [-0.05, 0) is 30.5 Å². The van der Waals surface area contributed by atoms with Crippen LogP contribution in [0.5, 0.6) is 11.5 Å². The van der Waals surface area contributed by atoms with Crippen LogP contribution in [0.2, 0.25) is 0 Å². The first kappa shape index (κ1) is 17.8. The van der Waals surface area contributed by atoms with Crippen molar-refractivity contribution < 1.29 is 19.1 Å². The molecule has 22 heavy (non-hydrogen) atoms. The summed E-state index contributed by atoms with van der Waals surface area (Å²) in [4.78, 5) is 23.7. The van der Waals surface area contributed by atoms with Crippen molar-refractivity contribution in [2.45, 2.75) is 34.1 Å². The van der Waals surface area contributed by atoms with Crippen molar-refractivity contribution in [1.82, 2.24) is 10.9 Å². The van der Waals surface area contributed by atoms with Gasteiger partial charge in [-0.3, -0.25) is 20.4 Å². The number of rotatable bonds is 5. The van der Waals surface area contributed by atoms with Gasteiger partial charge in [-0.1, -0.05) is 20.8 Å². The minimum absolute atomic E-state index is 0.142. The van der Waals surface area contributed by atoms with E-state index in [0.29, 0.717) is 30.1 Å². The standard InChI is InChI=1S/C16H24N2O4/c1-6-22-12-8-7-11(9-13(12)21-5)15(20)18-17-14(19)10-16(2,3)4/h7-9H,6,10H2,1-5H3,(H,17,19)(H,18,20). The van der Waals surface area contributed by atoms with Crippen LogP contribution in [0.25, 0.3) is 0 Å². The van der Waals surface area contributed by atoms with E-state index in [1.54, 1.807) is 18.2 Å². The molecule has 0 saturated heterocycles. The van der Waals surface area contributed by atoms with Crippen LogP contribution in [0.1, 0.15) is 44.5 Å². The molecule has 0 fully saturated rings. The average molecular weight is 308 g/mol. The van der Waals surface area contributed by atoms with E-state index in [2.05, 4.69) is 10.9 Å². The Kier molecular flexibility index (Phi) is 6.22. The van der Waals surface area contributed by atoms with Crippen LogP contribution >= 0.6 is 0 Å². The summed E-state index contributed by atoms with van der Waals surface area (Å²) in [6, 6.07) is 4.84. The maximum Gasteiger partial charge on any atom is 0.269 e. The Labute approximate surface area is 131 Å². The number of hydrazine groups is 1. The van der Waals surface area contributed by atoms with Crippen LogP contribution in [0.4, 0.5) is 0 Å². The molecule has 122 valence electrons. The van der Waals surface area contributed by atoms with Crippen LogP contribution in [0.3, 0.4) is 0 Å². The van der Waals surface area contributed by atoms with Crippen molar-refractivity contribution in [1.29, 1.82) is 0 Å². The molecule has 0 heterocycles. The highest BCUT2D eigenvalue weighted by atomic mass is 16.5. The summed E-state index contributed by atoms with van der Waals surface area (Å²) >= 11 is 0. The van der Waals surface area contributed by atoms with E-state index in [9.17, 15) is 9.59 Å². The summed E-state index contributed by atoms with van der Waals surface area (Å²) in [5, 5.41) is 0. The fourth-order valence-corrected chi connectivity index (χ4v) is 1.81. The molecule has 0 aromatic heterocycles. The van der Waals surface area contributed by atoms with E-state index >= 15 is 0 Å². The molecule has 0 atom stereocenters. The van der Waals surface area contributed by atoms with Gasteiger partial charge in [-0.2, -0.15) is 0 Å². The van der Waals surface area contributed by atoms with Crippen molar-refractivity contribution in [2.75, 3.05) is 13.7 Å². The molecule has 1 aromatic carbocycles. The van der Waals surface area contributed by atoms with Gasteiger partial charge in [0.15, 0.2) is 11.5 Å². The Balaban J connectivity index is 2.68. The SMILES string of the molecule is CCOc1ccc(C(=O)NNC(=O)CC(C)(C)C)cc1OC. The topological polar surface area (TPSA) is 76.7 Å². The minimum atomic E-state index is -0.413. The molecule has 1 rings (SSSR count). The molecule has 2 N–H and O–H groups in total. The van der Waals surface area contributed by atoms with E-state index in [1.165, 1.54) is 7.11 Å². The number of benzene rings is 1. The number of hydrogen-bond acceptors (Lipinski definition) is 4. The number of nitrogens with one attached hydrogen (secondary N) is 2. The van der Waals surface area contributed by atoms with Gasteiger partial charge in [0.2, 0.25) is 5.91 Å². The Bertz CT molecular complexity index is 535. The number of carbonyl (C=O) groups excluding carboxylic acids is 2. The minimum Gasteiger partial charge on any atom is -0.493 e. The maximum absolute atomic E-state index is 12.0. The third-order valence-electron chi connectivity index (χ3n) is 2.73. The van der Waals surface area contributed by atoms with E-state index in [1.807, 2.05) is 27.7 Å². The third-order valence-corrected chi connectivity index (χ3v) is 2.73. The summed E-state index contributed by atoms with van der Waals surface area (Å²) in [6.45, 7) is 8.22. The lowest BCUT2D eigenvalue weighted by Gasteiger charge is -2.17. The summed E-state index contributed by atoms with van der Waals surface area (Å²) < 4.78 is 10.6. The molecule has 6 nitrogen and oxygen atoms in total. The molecule has 0 aliphatic rings. The van der Waals surface area contributed by atoms with Gasteiger partial charge in [0, 0.05) is 12.0 Å². The van der Waals surface area contributed by atoms with Gasteiger partial charge >= 0.3 is 0 Å². The van der Waals surface area contributed by atoms with Crippen molar-refractivity contribution in [2.24, 2.45) is 5.41 Å². The summed E-state index contributed by atoms with van der Waals surface area (Å²) in [5.74, 6) is 0.385. The van der Waals surface area contributed by atoms with Crippen LogP contribution in [-0.2, 0) is 4.79 Å².